The molecule has 2 aliphatic rings. The molecule has 0 aromatic rings. The number of nitrogens with zero attached hydrogens (tertiary/aromatic N) is 1. The van der Waals surface area contributed by atoms with Gasteiger partial charge in [-0.2, -0.15) is 0 Å². The smallest absolute Gasteiger partial charge is 0.251 e. The van der Waals surface area contributed by atoms with Gasteiger partial charge in [0, 0.05) is 18.7 Å². The molecule has 114 valence electrons. The van der Waals surface area contributed by atoms with Crippen LogP contribution in [0.2, 0.25) is 0 Å². The highest BCUT2D eigenvalue weighted by Crippen LogP contribution is 2.41. The van der Waals surface area contributed by atoms with E-state index in [0.717, 1.165) is 19.4 Å². The maximum absolute atomic E-state index is 12.6. The minimum absolute atomic E-state index is 0.0952. The first-order valence-corrected chi connectivity index (χ1v) is 9.11. The van der Waals surface area contributed by atoms with Crippen LogP contribution in [0.1, 0.15) is 46.5 Å². The monoisotopic (exact) mass is 315 g/mol. The summed E-state index contributed by atoms with van der Waals surface area (Å²) in [5, 5.41) is -0.421. The van der Waals surface area contributed by atoms with E-state index in [-0.39, 0.29) is 17.2 Å². The van der Waals surface area contributed by atoms with Crippen LogP contribution in [0.4, 0.5) is 0 Å². The Morgan fingerprint density at radius 3 is 2.70 bits per heavy atom. The minimum atomic E-state index is -0.421. The van der Waals surface area contributed by atoms with Gasteiger partial charge in [-0.1, -0.05) is 37.4 Å². The zero-order valence-electron chi connectivity index (χ0n) is 13.0. The van der Waals surface area contributed by atoms with Crippen LogP contribution in [0.15, 0.2) is 11.6 Å². The predicted octanol–water partition coefficient (Wildman–Crippen LogP) is 4.49. The molecule has 2 aliphatic carbocycles. The summed E-state index contributed by atoms with van der Waals surface area (Å²) in [5.41, 5.74) is 1.61. The van der Waals surface area contributed by atoms with Crippen molar-refractivity contribution in [3.05, 3.63) is 11.6 Å². The summed E-state index contributed by atoms with van der Waals surface area (Å²) in [5.74, 6) is 0.968. The van der Waals surface area contributed by atoms with Crippen LogP contribution in [0.3, 0.4) is 0 Å². The van der Waals surface area contributed by atoms with Gasteiger partial charge in [-0.05, 0) is 43.9 Å². The molecule has 20 heavy (non-hydrogen) atoms. The lowest BCUT2D eigenvalue weighted by Gasteiger charge is -2.36. The maximum atomic E-state index is 12.6. The molecule has 2 unspecified atom stereocenters. The first-order chi connectivity index (χ1) is 9.32. The second-order valence-corrected chi connectivity index (χ2v) is 8.43. The molecule has 0 spiro atoms. The molecule has 0 radical (unpaired) electrons. The summed E-state index contributed by atoms with van der Waals surface area (Å²) in [6.07, 6.45) is 8.80. The molecule has 0 aromatic heterocycles. The van der Waals surface area contributed by atoms with E-state index in [1.165, 1.54) is 30.4 Å². The molecule has 2 rings (SSSR count). The second kappa shape index (κ2) is 6.31. The zero-order valence-corrected chi connectivity index (χ0v) is 14.6. The number of hydrogen-bond donors (Lipinski definition) is 0. The number of hydrogen-bond acceptors (Lipinski definition) is 2. The molecule has 0 aromatic carbocycles. The fourth-order valence-corrected chi connectivity index (χ4v) is 4.24. The van der Waals surface area contributed by atoms with Gasteiger partial charge in [0.2, 0.25) is 0 Å². The van der Waals surface area contributed by atoms with Gasteiger partial charge in [-0.3, -0.25) is 9.10 Å². The number of halogens is 1. The van der Waals surface area contributed by atoms with Crippen molar-refractivity contribution in [3.63, 3.8) is 0 Å². The molecule has 0 saturated heterocycles. The van der Waals surface area contributed by atoms with Crippen molar-refractivity contribution < 1.29 is 4.79 Å². The van der Waals surface area contributed by atoms with Gasteiger partial charge in [0.05, 0.1) is 0 Å². The van der Waals surface area contributed by atoms with Crippen LogP contribution in [-0.4, -0.2) is 28.4 Å². The summed E-state index contributed by atoms with van der Waals surface area (Å²) in [6.45, 7) is 7.54. The SMILES string of the molecule is CSN(CC1CC1)C(=O)C(Cl)C1C=C(C)CC(C)(C)C1. The van der Waals surface area contributed by atoms with E-state index in [9.17, 15) is 4.79 Å². The molecule has 4 heteroatoms. The zero-order chi connectivity index (χ0) is 14.9. The Bertz CT molecular complexity index is 403. The molecule has 0 bridgehead atoms. The van der Waals surface area contributed by atoms with Crippen LogP contribution < -0.4 is 0 Å². The van der Waals surface area contributed by atoms with Gasteiger partial charge in [0.15, 0.2) is 0 Å². The van der Waals surface area contributed by atoms with Crippen LogP contribution in [0.5, 0.6) is 0 Å². The van der Waals surface area contributed by atoms with E-state index >= 15 is 0 Å². The van der Waals surface area contributed by atoms with Crippen LogP contribution in [0.25, 0.3) is 0 Å². The van der Waals surface area contributed by atoms with Crippen molar-refractivity contribution >= 4 is 29.5 Å². The number of amides is 1. The van der Waals surface area contributed by atoms with Crippen LogP contribution in [0, 0.1) is 17.3 Å². The van der Waals surface area contributed by atoms with Crippen molar-refractivity contribution in [2.45, 2.75) is 51.8 Å². The van der Waals surface area contributed by atoms with E-state index in [0.29, 0.717) is 5.92 Å². The highest BCUT2D eigenvalue weighted by atomic mass is 35.5. The molecule has 1 fully saturated rings. The molecule has 1 saturated carbocycles. The predicted molar refractivity (Wildman–Crippen MR) is 87.9 cm³/mol. The van der Waals surface area contributed by atoms with E-state index in [2.05, 4.69) is 26.8 Å². The molecular formula is C16H26ClNOS. The number of rotatable bonds is 5. The normalized spacial score (nSPS) is 26.9. The standard InChI is InChI=1S/C16H26ClNOS/c1-11-7-13(9-16(2,3)8-11)14(17)15(19)18(20-4)10-12-5-6-12/h7,12-14H,5-6,8-10H2,1-4H3. The summed E-state index contributed by atoms with van der Waals surface area (Å²) in [6, 6.07) is 0. The van der Waals surface area contributed by atoms with E-state index in [1.54, 1.807) is 0 Å². The fourth-order valence-electron chi connectivity index (χ4n) is 3.25. The van der Waals surface area contributed by atoms with Crippen molar-refractivity contribution in [2.24, 2.45) is 17.3 Å². The molecule has 1 amide bonds. The van der Waals surface area contributed by atoms with Gasteiger partial charge >= 0.3 is 0 Å². The summed E-state index contributed by atoms with van der Waals surface area (Å²) in [7, 11) is 0. The Balaban J connectivity index is 2.03. The largest absolute Gasteiger partial charge is 0.285 e. The summed E-state index contributed by atoms with van der Waals surface area (Å²) in [4.78, 5) is 12.6. The van der Waals surface area contributed by atoms with Crippen molar-refractivity contribution in [1.82, 2.24) is 4.31 Å². The van der Waals surface area contributed by atoms with Crippen LogP contribution in [-0.2, 0) is 4.79 Å². The van der Waals surface area contributed by atoms with Crippen molar-refractivity contribution in [3.8, 4) is 0 Å². The Hall–Kier alpha value is -0.150. The Morgan fingerprint density at radius 2 is 2.20 bits per heavy atom. The second-order valence-electron chi connectivity index (χ2n) is 7.15. The first kappa shape index (κ1) is 16.2. The van der Waals surface area contributed by atoms with Gasteiger partial charge in [0.1, 0.15) is 5.38 Å². The summed E-state index contributed by atoms with van der Waals surface area (Å²) >= 11 is 8.05. The van der Waals surface area contributed by atoms with Gasteiger partial charge < -0.3 is 0 Å². The van der Waals surface area contributed by atoms with Crippen LogP contribution >= 0.6 is 23.5 Å². The maximum Gasteiger partial charge on any atom is 0.251 e. The molecule has 2 atom stereocenters. The third kappa shape index (κ3) is 4.17. The summed E-state index contributed by atoms with van der Waals surface area (Å²) < 4.78 is 1.88. The third-order valence-corrected chi connectivity index (χ3v) is 5.52. The highest BCUT2D eigenvalue weighted by Gasteiger charge is 2.37. The molecule has 0 heterocycles. The van der Waals surface area contributed by atoms with E-state index < -0.39 is 5.38 Å². The molecule has 0 aliphatic heterocycles. The number of alkyl halides is 1. The van der Waals surface area contributed by atoms with Crippen molar-refractivity contribution in [1.29, 1.82) is 0 Å². The quantitative estimate of drug-likeness (QED) is 0.423. The van der Waals surface area contributed by atoms with Crippen molar-refractivity contribution in [2.75, 3.05) is 12.8 Å². The average Bonchev–Trinajstić information content (AvgIpc) is 3.15. The fraction of sp³-hybridized carbons (Fsp3) is 0.812. The molecule has 2 nitrogen and oxygen atoms in total. The molecule has 0 N–H and O–H groups in total. The number of carbonyl (C=O) groups is 1. The topological polar surface area (TPSA) is 20.3 Å². The van der Waals surface area contributed by atoms with E-state index in [1.807, 2.05) is 10.6 Å². The van der Waals surface area contributed by atoms with E-state index in [4.69, 9.17) is 11.6 Å². The highest BCUT2D eigenvalue weighted by molar-refractivity contribution is 7.96. The lowest BCUT2D eigenvalue weighted by Crippen LogP contribution is -2.39. The third-order valence-electron chi connectivity index (χ3n) is 4.24. The number of allylic oxidation sites excluding steroid dienone is 2. The molecular weight excluding hydrogens is 290 g/mol. The Labute approximate surface area is 132 Å². The number of carbonyl (C=O) groups excluding carboxylic acids is 1. The average molecular weight is 316 g/mol. The minimum Gasteiger partial charge on any atom is -0.285 e. The lowest BCUT2D eigenvalue weighted by atomic mass is 9.72. The lowest BCUT2D eigenvalue weighted by molar-refractivity contribution is -0.126. The Kier molecular flexibility index (Phi) is 5.12. The first-order valence-electron chi connectivity index (χ1n) is 7.49. The van der Waals surface area contributed by atoms with Gasteiger partial charge in [-0.25, -0.2) is 0 Å². The Morgan fingerprint density at radius 1 is 1.55 bits per heavy atom. The van der Waals surface area contributed by atoms with Gasteiger partial charge in [0.25, 0.3) is 5.91 Å². The van der Waals surface area contributed by atoms with Gasteiger partial charge in [-0.15, -0.1) is 11.6 Å².